The number of aryl methyl sites for hydroxylation is 2. The molecule has 2 aliphatic rings. The van der Waals surface area contributed by atoms with Crippen LogP contribution < -0.4 is 9.47 Å². The van der Waals surface area contributed by atoms with Gasteiger partial charge in [-0.3, -0.25) is 4.79 Å². The van der Waals surface area contributed by atoms with Crippen LogP contribution in [0, 0.1) is 13.8 Å². The first kappa shape index (κ1) is 31.2. The maximum atomic E-state index is 14.3. The highest BCUT2D eigenvalue weighted by atomic mass is 32.2. The number of alkyl halides is 3. The molecule has 2 atom stereocenters. The summed E-state index contributed by atoms with van der Waals surface area (Å²) in [6.45, 7) is 3.99. The average Bonchev–Trinajstić information content (AvgIpc) is 3.49. The number of benzene rings is 2. The number of hydrogen-bond acceptors (Lipinski definition) is 7. The zero-order chi connectivity index (χ0) is 31.1. The fraction of sp³-hybridized carbons (Fsp3) is 0.419. The molecule has 2 heterocycles. The Morgan fingerprint density at radius 3 is 2.53 bits per heavy atom. The van der Waals surface area contributed by atoms with Gasteiger partial charge in [0.25, 0.3) is 0 Å². The summed E-state index contributed by atoms with van der Waals surface area (Å²) in [5.74, 6) is 0.348. The van der Waals surface area contributed by atoms with Crippen molar-refractivity contribution < 1.29 is 41.0 Å². The summed E-state index contributed by atoms with van der Waals surface area (Å²) in [7, 11) is -3.09. The van der Waals surface area contributed by atoms with Gasteiger partial charge in [0.1, 0.15) is 21.7 Å². The monoisotopic (exact) mass is 635 g/mol. The Kier molecular flexibility index (Phi) is 8.72. The number of ether oxygens (including phenoxy) is 2. The number of sulfone groups is 1. The molecule has 0 saturated heterocycles. The van der Waals surface area contributed by atoms with Crippen LogP contribution in [0.1, 0.15) is 64.7 Å². The highest BCUT2D eigenvalue weighted by molar-refractivity contribution is 7.99. The fourth-order valence-electron chi connectivity index (χ4n) is 6.00. The number of hydrogen-bond donors (Lipinski definition) is 1. The predicted molar refractivity (Wildman–Crippen MR) is 158 cm³/mol. The van der Waals surface area contributed by atoms with Gasteiger partial charge in [-0.15, -0.1) is 11.8 Å². The smallest absolute Gasteiger partial charge is 0.416 e. The lowest BCUT2D eigenvalue weighted by atomic mass is 9.88. The molecule has 0 saturated carbocycles. The van der Waals surface area contributed by atoms with Gasteiger partial charge in [-0.05, 0) is 84.7 Å². The highest BCUT2D eigenvalue weighted by Crippen LogP contribution is 2.49. The summed E-state index contributed by atoms with van der Waals surface area (Å²) < 4.78 is 77.5. The molecule has 0 spiro atoms. The summed E-state index contributed by atoms with van der Waals surface area (Å²) in [5, 5.41) is 9.18. The number of carboxylic acids is 1. The van der Waals surface area contributed by atoms with Crippen LogP contribution in [0.5, 0.6) is 11.6 Å². The molecule has 12 heteroatoms. The standard InChI is InChI=1S/C31H32F3NO6S2/c1-17-11-20(40-9-4-10-43(3,38)39)12-18(2)29(17)21-5-7-24(31(32,33)34)30-22(21)6-8-25(30)41-27-14-26-23(15-35-27)19(16-42-26)13-28(36)37/h5,7,11-12,14-15,19,25H,4,6,8-10,13,16H2,1-3H3,(H,36,37)/t19-,25?/m1/s1. The Morgan fingerprint density at radius 1 is 1.16 bits per heavy atom. The first-order chi connectivity index (χ1) is 20.2. The molecule has 3 aromatic rings. The number of nitrogens with zero attached hydrogens (tertiary/aromatic N) is 1. The maximum Gasteiger partial charge on any atom is 0.416 e. The molecule has 0 radical (unpaired) electrons. The molecule has 1 aliphatic carbocycles. The maximum absolute atomic E-state index is 14.3. The Balaban J connectivity index is 1.44. The first-order valence-electron chi connectivity index (χ1n) is 13.9. The van der Waals surface area contributed by atoms with E-state index in [1.165, 1.54) is 24.1 Å². The van der Waals surface area contributed by atoms with Crippen LogP contribution in [-0.4, -0.2) is 48.8 Å². The van der Waals surface area contributed by atoms with Crippen LogP contribution >= 0.6 is 11.8 Å². The van der Waals surface area contributed by atoms with Crippen LogP contribution in [0.2, 0.25) is 0 Å². The van der Waals surface area contributed by atoms with Crippen LogP contribution in [0.15, 0.2) is 41.4 Å². The van der Waals surface area contributed by atoms with Gasteiger partial charge in [0.05, 0.1) is 24.3 Å². The molecule has 5 rings (SSSR count). The minimum atomic E-state index is -4.58. The van der Waals surface area contributed by atoms with Crippen molar-refractivity contribution >= 4 is 27.6 Å². The molecule has 2 aromatic carbocycles. The van der Waals surface area contributed by atoms with Crippen LogP contribution in [0.4, 0.5) is 13.2 Å². The number of aromatic nitrogens is 1. The van der Waals surface area contributed by atoms with Crippen LogP contribution in [0.3, 0.4) is 0 Å². The lowest BCUT2D eigenvalue weighted by Gasteiger charge is -2.22. The fourth-order valence-corrected chi connectivity index (χ4v) is 7.89. The largest absolute Gasteiger partial charge is 0.494 e. The number of rotatable bonds is 10. The average molecular weight is 636 g/mol. The minimum Gasteiger partial charge on any atom is -0.494 e. The van der Waals surface area contributed by atoms with Gasteiger partial charge < -0.3 is 14.6 Å². The molecule has 0 fully saturated rings. The molecule has 1 aliphatic heterocycles. The second kappa shape index (κ2) is 12.0. The van der Waals surface area contributed by atoms with Crippen molar-refractivity contribution in [2.45, 2.75) is 62.6 Å². The highest BCUT2D eigenvalue weighted by Gasteiger charge is 2.41. The molecule has 1 unspecified atom stereocenters. The van der Waals surface area contributed by atoms with Gasteiger partial charge in [-0.1, -0.05) is 6.07 Å². The Morgan fingerprint density at radius 2 is 1.88 bits per heavy atom. The van der Waals surface area contributed by atoms with Crippen molar-refractivity contribution in [1.29, 1.82) is 0 Å². The topological polar surface area (TPSA) is 103 Å². The second-order valence-electron chi connectivity index (χ2n) is 11.1. The normalized spacial score (nSPS) is 17.9. The third-order valence-corrected chi connectivity index (χ3v) is 10.0. The number of pyridine rings is 1. The molecular weight excluding hydrogens is 603 g/mol. The van der Waals surface area contributed by atoms with E-state index in [1.807, 2.05) is 26.0 Å². The molecule has 0 bridgehead atoms. The Hall–Kier alpha value is -3.25. The molecule has 43 heavy (non-hydrogen) atoms. The van der Waals surface area contributed by atoms with Crippen LogP contribution in [0.25, 0.3) is 11.1 Å². The van der Waals surface area contributed by atoms with E-state index in [0.717, 1.165) is 33.2 Å². The minimum absolute atomic E-state index is 0.00920. The lowest BCUT2D eigenvalue weighted by molar-refractivity contribution is -0.139. The van der Waals surface area contributed by atoms with E-state index in [2.05, 4.69) is 4.98 Å². The Bertz CT molecular complexity index is 1650. The molecule has 1 N–H and O–H groups in total. The quantitative estimate of drug-likeness (QED) is 0.240. The van der Waals surface area contributed by atoms with E-state index in [4.69, 9.17) is 9.47 Å². The van der Waals surface area contributed by atoms with Crippen molar-refractivity contribution in [3.63, 3.8) is 0 Å². The summed E-state index contributed by atoms with van der Waals surface area (Å²) >= 11 is 1.49. The Labute approximate surface area is 252 Å². The number of carbonyl (C=O) groups is 1. The summed E-state index contributed by atoms with van der Waals surface area (Å²) in [6.07, 6.45) is -1.59. The summed E-state index contributed by atoms with van der Waals surface area (Å²) in [5.41, 5.74) is 3.99. The lowest BCUT2D eigenvalue weighted by Crippen LogP contribution is -2.15. The molecule has 7 nitrogen and oxygen atoms in total. The summed E-state index contributed by atoms with van der Waals surface area (Å²) in [6, 6.07) is 7.98. The number of fused-ring (bicyclic) bond motifs is 2. The number of halogens is 3. The number of aliphatic carboxylic acids is 1. The van der Waals surface area contributed by atoms with Gasteiger partial charge >= 0.3 is 12.1 Å². The van der Waals surface area contributed by atoms with Crippen molar-refractivity contribution in [2.75, 3.05) is 24.4 Å². The first-order valence-corrected chi connectivity index (χ1v) is 16.9. The van der Waals surface area contributed by atoms with E-state index in [9.17, 15) is 31.5 Å². The predicted octanol–water partition coefficient (Wildman–Crippen LogP) is 6.93. The molecule has 230 valence electrons. The second-order valence-corrected chi connectivity index (χ2v) is 14.4. The van der Waals surface area contributed by atoms with E-state index in [1.54, 1.807) is 12.3 Å². The van der Waals surface area contributed by atoms with E-state index < -0.39 is 33.7 Å². The van der Waals surface area contributed by atoms with E-state index >= 15 is 0 Å². The van der Waals surface area contributed by atoms with Gasteiger partial charge in [0, 0.05) is 40.6 Å². The zero-order valence-electron chi connectivity index (χ0n) is 24.0. The van der Waals surface area contributed by atoms with Crippen molar-refractivity contribution in [1.82, 2.24) is 4.98 Å². The van der Waals surface area contributed by atoms with E-state index in [-0.39, 0.29) is 36.1 Å². The van der Waals surface area contributed by atoms with E-state index in [0.29, 0.717) is 41.9 Å². The molecule has 1 aromatic heterocycles. The van der Waals surface area contributed by atoms with Crippen LogP contribution in [-0.2, 0) is 27.2 Å². The van der Waals surface area contributed by atoms with Gasteiger partial charge in [0.15, 0.2) is 0 Å². The van der Waals surface area contributed by atoms with Crippen molar-refractivity contribution in [3.8, 4) is 22.8 Å². The van der Waals surface area contributed by atoms with Crippen molar-refractivity contribution in [3.05, 3.63) is 69.9 Å². The van der Waals surface area contributed by atoms with Gasteiger partial charge in [-0.25, -0.2) is 13.4 Å². The van der Waals surface area contributed by atoms with Gasteiger partial charge in [-0.2, -0.15) is 13.2 Å². The molecular formula is C31H32F3NO6S2. The number of thioether (sulfide) groups is 1. The van der Waals surface area contributed by atoms with Gasteiger partial charge in [0.2, 0.25) is 5.88 Å². The SMILES string of the molecule is Cc1cc(OCCCS(C)(=O)=O)cc(C)c1-c1ccc(C(F)(F)F)c2c1CCC2Oc1cc2c(cn1)[C@H](CC(=O)O)CS2. The van der Waals surface area contributed by atoms with Crippen molar-refractivity contribution in [2.24, 2.45) is 0 Å². The zero-order valence-corrected chi connectivity index (χ0v) is 25.6. The third kappa shape index (κ3) is 6.95. The molecule has 0 amide bonds. The third-order valence-electron chi connectivity index (χ3n) is 7.78. The summed E-state index contributed by atoms with van der Waals surface area (Å²) in [4.78, 5) is 16.4. The number of carboxylic acid groups (broad SMARTS) is 1.